The molecule has 0 heterocycles. The highest BCUT2D eigenvalue weighted by molar-refractivity contribution is 9.10. The molecule has 2 rings (SSSR count). The van der Waals surface area contributed by atoms with E-state index in [2.05, 4.69) is 22.9 Å². The van der Waals surface area contributed by atoms with Gasteiger partial charge in [-0.2, -0.15) is 0 Å². The van der Waals surface area contributed by atoms with Crippen molar-refractivity contribution in [1.29, 1.82) is 0 Å². The van der Waals surface area contributed by atoms with Crippen molar-refractivity contribution in [3.05, 3.63) is 58.1 Å². The molecule has 0 aromatic heterocycles. The summed E-state index contributed by atoms with van der Waals surface area (Å²) < 4.78 is 16.6. The van der Waals surface area contributed by atoms with Gasteiger partial charge in [-0.05, 0) is 71.7 Å². The quantitative estimate of drug-likeness (QED) is 0.340. The van der Waals surface area contributed by atoms with Crippen LogP contribution in [0.1, 0.15) is 47.4 Å². The second kappa shape index (κ2) is 9.97. The van der Waals surface area contributed by atoms with Gasteiger partial charge in [-0.1, -0.05) is 13.3 Å². The van der Waals surface area contributed by atoms with E-state index in [-0.39, 0.29) is 0 Å². The van der Waals surface area contributed by atoms with Gasteiger partial charge >= 0.3 is 11.9 Å². The van der Waals surface area contributed by atoms with Gasteiger partial charge in [-0.15, -0.1) is 0 Å². The van der Waals surface area contributed by atoms with Crippen LogP contribution in [0, 0.1) is 0 Å². The summed E-state index contributed by atoms with van der Waals surface area (Å²) >= 11 is 3.41. The number of ether oxygens (including phenoxy) is 3. The molecule has 5 nitrogen and oxygen atoms in total. The highest BCUT2D eigenvalue weighted by atomic mass is 79.9. The highest BCUT2D eigenvalue weighted by Crippen LogP contribution is 2.27. The Morgan fingerprint density at radius 1 is 0.962 bits per heavy atom. The smallest absolute Gasteiger partial charge is 0.343 e. The first-order chi connectivity index (χ1) is 12.5. The number of carbonyl (C=O) groups excluding carboxylic acids is 2. The monoisotopic (exact) mass is 420 g/mol. The molecule has 0 radical (unpaired) electrons. The van der Waals surface area contributed by atoms with Crippen LogP contribution in [0.15, 0.2) is 46.9 Å². The highest BCUT2D eigenvalue weighted by Gasteiger charge is 2.13. The molecule has 0 amide bonds. The number of esters is 2. The number of carbonyl (C=O) groups is 2. The number of halogens is 1. The van der Waals surface area contributed by atoms with Gasteiger partial charge in [0.05, 0.1) is 28.8 Å². The second-order valence-electron chi connectivity index (χ2n) is 5.48. The van der Waals surface area contributed by atoms with Gasteiger partial charge in [-0.3, -0.25) is 0 Å². The summed E-state index contributed by atoms with van der Waals surface area (Å²) in [6, 6.07) is 11.3. The molecule has 0 saturated carbocycles. The van der Waals surface area contributed by atoms with Crippen LogP contribution >= 0.6 is 15.9 Å². The van der Waals surface area contributed by atoms with Crippen LogP contribution < -0.4 is 9.47 Å². The van der Waals surface area contributed by atoms with Gasteiger partial charge in [0.25, 0.3) is 0 Å². The summed E-state index contributed by atoms with van der Waals surface area (Å²) in [5.41, 5.74) is 0.803. The molecule has 0 aliphatic heterocycles. The fourth-order valence-corrected chi connectivity index (χ4v) is 2.60. The van der Waals surface area contributed by atoms with Crippen molar-refractivity contribution < 1.29 is 23.8 Å². The SMILES string of the molecule is CCCCOc1ccc(C(=O)Oc2ccc(C(=O)OCC)cc2)cc1Br. The normalized spacial score (nSPS) is 10.3. The number of rotatable bonds is 8. The lowest BCUT2D eigenvalue weighted by molar-refractivity contribution is 0.0526. The van der Waals surface area contributed by atoms with Crippen molar-refractivity contribution in [3.63, 3.8) is 0 Å². The van der Waals surface area contributed by atoms with Gasteiger partial charge in [0.15, 0.2) is 0 Å². The number of hydrogen-bond donors (Lipinski definition) is 0. The lowest BCUT2D eigenvalue weighted by atomic mass is 10.2. The van der Waals surface area contributed by atoms with Gasteiger partial charge in [0.1, 0.15) is 11.5 Å². The predicted octanol–water partition coefficient (Wildman–Crippen LogP) is 5.02. The zero-order valence-electron chi connectivity index (χ0n) is 14.8. The molecule has 138 valence electrons. The summed E-state index contributed by atoms with van der Waals surface area (Å²) in [4.78, 5) is 23.9. The standard InChI is InChI=1S/C20H21BrO5/c1-3-5-12-25-18-11-8-15(13-17(18)21)20(23)26-16-9-6-14(7-10-16)19(22)24-4-2/h6-11,13H,3-5,12H2,1-2H3. The van der Waals surface area contributed by atoms with Crippen LogP contribution in [0.2, 0.25) is 0 Å². The van der Waals surface area contributed by atoms with E-state index in [9.17, 15) is 9.59 Å². The average Bonchev–Trinajstić information content (AvgIpc) is 2.64. The van der Waals surface area contributed by atoms with Crippen molar-refractivity contribution in [2.75, 3.05) is 13.2 Å². The maximum Gasteiger partial charge on any atom is 0.343 e. The molecule has 0 bridgehead atoms. The Hall–Kier alpha value is -2.34. The Bertz CT molecular complexity index is 755. The largest absolute Gasteiger partial charge is 0.492 e. The molecule has 0 aliphatic rings. The minimum atomic E-state index is -0.491. The minimum Gasteiger partial charge on any atom is -0.492 e. The maximum absolute atomic E-state index is 12.3. The molecule has 0 aliphatic carbocycles. The maximum atomic E-state index is 12.3. The van der Waals surface area contributed by atoms with Gasteiger partial charge in [0.2, 0.25) is 0 Å². The van der Waals surface area contributed by atoms with Crippen molar-refractivity contribution >= 4 is 27.9 Å². The summed E-state index contributed by atoms with van der Waals surface area (Å²) in [5, 5.41) is 0. The topological polar surface area (TPSA) is 61.8 Å². The molecule has 26 heavy (non-hydrogen) atoms. The van der Waals surface area contributed by atoms with Crippen LogP contribution in [0.3, 0.4) is 0 Å². The van der Waals surface area contributed by atoms with E-state index >= 15 is 0 Å². The first kappa shape index (κ1) is 20.0. The molecule has 0 atom stereocenters. The van der Waals surface area contributed by atoms with Crippen LogP contribution in [-0.2, 0) is 4.74 Å². The second-order valence-corrected chi connectivity index (χ2v) is 6.34. The molecule has 0 unspecified atom stereocenters. The summed E-state index contributed by atoms with van der Waals surface area (Å²) in [5.74, 6) is 0.138. The van der Waals surface area contributed by atoms with Crippen molar-refractivity contribution in [3.8, 4) is 11.5 Å². The summed E-state index contributed by atoms with van der Waals surface area (Å²) in [6.07, 6.45) is 2.02. The predicted molar refractivity (Wildman–Crippen MR) is 102 cm³/mol. The molecule has 2 aromatic rings. The third-order valence-corrected chi connectivity index (χ3v) is 4.12. The average molecular weight is 421 g/mol. The van der Waals surface area contributed by atoms with E-state index in [1.54, 1.807) is 49.4 Å². The van der Waals surface area contributed by atoms with Gasteiger partial charge in [-0.25, -0.2) is 9.59 Å². The number of benzene rings is 2. The van der Waals surface area contributed by atoms with E-state index < -0.39 is 11.9 Å². The van der Waals surface area contributed by atoms with E-state index in [4.69, 9.17) is 14.2 Å². The minimum absolute atomic E-state index is 0.308. The van der Waals surface area contributed by atoms with Crippen molar-refractivity contribution in [2.45, 2.75) is 26.7 Å². The molecular formula is C20H21BrO5. The molecule has 0 fully saturated rings. The molecule has 2 aromatic carbocycles. The lowest BCUT2D eigenvalue weighted by Crippen LogP contribution is -2.09. The third-order valence-electron chi connectivity index (χ3n) is 3.50. The fourth-order valence-electron chi connectivity index (χ4n) is 2.11. The van der Waals surface area contributed by atoms with E-state index in [0.717, 1.165) is 12.8 Å². The summed E-state index contributed by atoms with van der Waals surface area (Å²) in [6.45, 7) is 4.78. The Kier molecular flexibility index (Phi) is 7.66. The Labute approximate surface area is 161 Å². The van der Waals surface area contributed by atoms with Crippen LogP contribution in [-0.4, -0.2) is 25.2 Å². The van der Waals surface area contributed by atoms with E-state index in [0.29, 0.717) is 40.3 Å². The molecular weight excluding hydrogens is 400 g/mol. The van der Waals surface area contributed by atoms with Crippen LogP contribution in [0.4, 0.5) is 0 Å². The molecule has 0 spiro atoms. The number of hydrogen-bond acceptors (Lipinski definition) is 5. The Morgan fingerprint density at radius 2 is 1.65 bits per heavy atom. The third kappa shape index (κ3) is 5.59. The molecule has 6 heteroatoms. The van der Waals surface area contributed by atoms with Crippen LogP contribution in [0.5, 0.6) is 11.5 Å². The molecule has 0 saturated heterocycles. The van der Waals surface area contributed by atoms with E-state index in [1.807, 2.05) is 0 Å². The first-order valence-electron chi connectivity index (χ1n) is 8.46. The first-order valence-corrected chi connectivity index (χ1v) is 9.26. The summed E-state index contributed by atoms with van der Waals surface area (Å²) in [7, 11) is 0. The Balaban J connectivity index is 2.01. The van der Waals surface area contributed by atoms with Crippen molar-refractivity contribution in [2.24, 2.45) is 0 Å². The lowest BCUT2D eigenvalue weighted by Gasteiger charge is -2.09. The number of unbranched alkanes of at least 4 members (excludes halogenated alkanes) is 1. The fraction of sp³-hybridized carbons (Fsp3) is 0.300. The van der Waals surface area contributed by atoms with Crippen molar-refractivity contribution in [1.82, 2.24) is 0 Å². The van der Waals surface area contributed by atoms with Crippen LogP contribution in [0.25, 0.3) is 0 Å². The molecule has 0 N–H and O–H groups in total. The van der Waals surface area contributed by atoms with Gasteiger partial charge in [0, 0.05) is 0 Å². The zero-order chi connectivity index (χ0) is 18.9. The van der Waals surface area contributed by atoms with E-state index in [1.165, 1.54) is 0 Å². The zero-order valence-corrected chi connectivity index (χ0v) is 16.4. The Morgan fingerprint density at radius 3 is 2.27 bits per heavy atom. The van der Waals surface area contributed by atoms with Gasteiger partial charge < -0.3 is 14.2 Å².